The second kappa shape index (κ2) is 7.06. The lowest BCUT2D eigenvalue weighted by atomic mass is 9.99. The van der Waals surface area contributed by atoms with Crippen LogP contribution < -0.4 is 5.32 Å². The molecule has 1 aliphatic heterocycles. The minimum absolute atomic E-state index is 0.433. The summed E-state index contributed by atoms with van der Waals surface area (Å²) in [5.74, 6) is 1.90. The minimum atomic E-state index is 0.433. The van der Waals surface area contributed by atoms with Crippen molar-refractivity contribution in [2.24, 2.45) is 0 Å². The normalized spacial score (nSPS) is 22.6. The van der Waals surface area contributed by atoms with Crippen molar-refractivity contribution in [2.45, 2.75) is 58.0 Å². The third kappa shape index (κ3) is 4.05. The quantitative estimate of drug-likeness (QED) is 0.856. The van der Waals surface area contributed by atoms with E-state index in [4.69, 9.17) is 4.42 Å². The topological polar surface area (TPSA) is 41.3 Å². The summed E-state index contributed by atoms with van der Waals surface area (Å²) in [4.78, 5) is 7.00. The highest BCUT2D eigenvalue weighted by Crippen LogP contribution is 2.20. The zero-order valence-electron chi connectivity index (χ0n) is 12.5. The van der Waals surface area contributed by atoms with Crippen molar-refractivity contribution in [3.05, 3.63) is 17.8 Å². The number of rotatable bonds is 6. The van der Waals surface area contributed by atoms with Crippen molar-refractivity contribution in [1.82, 2.24) is 15.2 Å². The fourth-order valence-corrected chi connectivity index (χ4v) is 2.85. The molecule has 4 heteroatoms. The number of nitrogens with one attached hydrogen (secondary N) is 1. The first-order chi connectivity index (χ1) is 9.22. The van der Waals surface area contributed by atoms with E-state index < -0.39 is 0 Å². The van der Waals surface area contributed by atoms with E-state index in [0.717, 1.165) is 31.0 Å². The van der Waals surface area contributed by atoms with Gasteiger partial charge in [-0.3, -0.25) is 0 Å². The lowest BCUT2D eigenvalue weighted by molar-refractivity contribution is 0.148. The van der Waals surface area contributed by atoms with Crippen LogP contribution in [0.5, 0.6) is 0 Å². The van der Waals surface area contributed by atoms with Crippen LogP contribution in [0.1, 0.15) is 44.8 Å². The molecule has 108 valence electrons. The van der Waals surface area contributed by atoms with Gasteiger partial charge in [0.1, 0.15) is 5.76 Å². The van der Waals surface area contributed by atoms with Crippen LogP contribution in [0.25, 0.3) is 0 Å². The number of oxazole rings is 1. The predicted molar refractivity (Wildman–Crippen MR) is 77.3 cm³/mol. The SMILES string of the molecule is CCN1CCCCC1Cc1ncc(CC(C)NC)o1. The standard InChI is InChI=1S/C15H27N3O/c1-4-18-8-6-5-7-13(18)10-15-17-11-14(19-15)9-12(2)16-3/h11-13,16H,4-10H2,1-3H3. The molecule has 0 saturated carbocycles. The lowest BCUT2D eigenvalue weighted by Gasteiger charge is -2.34. The number of hydrogen-bond donors (Lipinski definition) is 1. The van der Waals surface area contributed by atoms with Gasteiger partial charge in [0, 0.05) is 24.9 Å². The molecule has 0 aromatic carbocycles. The third-order valence-electron chi connectivity index (χ3n) is 4.17. The monoisotopic (exact) mass is 265 g/mol. The maximum Gasteiger partial charge on any atom is 0.195 e. The fraction of sp³-hybridized carbons (Fsp3) is 0.800. The van der Waals surface area contributed by atoms with Crippen LogP contribution >= 0.6 is 0 Å². The maximum atomic E-state index is 5.87. The predicted octanol–water partition coefficient (Wildman–Crippen LogP) is 2.24. The third-order valence-corrected chi connectivity index (χ3v) is 4.17. The lowest BCUT2D eigenvalue weighted by Crippen LogP contribution is -2.40. The Morgan fingerprint density at radius 1 is 1.53 bits per heavy atom. The van der Waals surface area contributed by atoms with E-state index in [2.05, 4.69) is 29.0 Å². The zero-order chi connectivity index (χ0) is 13.7. The van der Waals surface area contributed by atoms with E-state index >= 15 is 0 Å². The van der Waals surface area contributed by atoms with Gasteiger partial charge in [-0.25, -0.2) is 4.98 Å². The highest BCUT2D eigenvalue weighted by atomic mass is 16.4. The molecular weight excluding hydrogens is 238 g/mol. The Balaban J connectivity index is 1.91. The molecule has 0 radical (unpaired) electrons. The number of nitrogens with zero attached hydrogens (tertiary/aromatic N) is 2. The number of likely N-dealkylation sites (tertiary alicyclic amines) is 1. The largest absolute Gasteiger partial charge is 0.446 e. The van der Waals surface area contributed by atoms with E-state index in [-0.39, 0.29) is 0 Å². The molecule has 19 heavy (non-hydrogen) atoms. The van der Waals surface area contributed by atoms with Gasteiger partial charge in [-0.05, 0) is 39.9 Å². The van der Waals surface area contributed by atoms with Gasteiger partial charge in [-0.1, -0.05) is 13.3 Å². The highest BCUT2D eigenvalue weighted by Gasteiger charge is 2.23. The summed E-state index contributed by atoms with van der Waals surface area (Å²) < 4.78 is 5.87. The molecular formula is C15H27N3O. The Labute approximate surface area is 116 Å². The number of hydrogen-bond acceptors (Lipinski definition) is 4. The summed E-state index contributed by atoms with van der Waals surface area (Å²) in [6, 6.07) is 1.05. The summed E-state index contributed by atoms with van der Waals surface area (Å²) in [7, 11) is 1.98. The second-order valence-corrected chi connectivity index (χ2v) is 5.60. The molecule has 1 fully saturated rings. The van der Waals surface area contributed by atoms with Crippen LogP contribution in [-0.2, 0) is 12.8 Å². The molecule has 1 aliphatic rings. The number of aromatic nitrogens is 1. The molecule has 0 bridgehead atoms. The van der Waals surface area contributed by atoms with Gasteiger partial charge in [-0.2, -0.15) is 0 Å². The van der Waals surface area contributed by atoms with Crippen LogP contribution in [0.3, 0.4) is 0 Å². The first-order valence-electron chi connectivity index (χ1n) is 7.57. The van der Waals surface area contributed by atoms with Crippen molar-refractivity contribution < 1.29 is 4.42 Å². The van der Waals surface area contributed by atoms with Crippen LogP contribution in [0, 0.1) is 0 Å². The van der Waals surface area contributed by atoms with E-state index in [0.29, 0.717) is 12.1 Å². The Morgan fingerprint density at radius 3 is 3.11 bits per heavy atom. The van der Waals surface area contributed by atoms with Gasteiger partial charge in [0.25, 0.3) is 0 Å². The van der Waals surface area contributed by atoms with E-state index in [1.165, 1.54) is 25.8 Å². The molecule has 1 saturated heterocycles. The zero-order valence-corrected chi connectivity index (χ0v) is 12.5. The van der Waals surface area contributed by atoms with Gasteiger partial charge in [0.05, 0.1) is 6.20 Å². The van der Waals surface area contributed by atoms with Gasteiger partial charge in [0.2, 0.25) is 0 Å². The van der Waals surface area contributed by atoms with E-state index in [1.54, 1.807) is 0 Å². The average molecular weight is 265 g/mol. The van der Waals surface area contributed by atoms with Crippen LogP contribution in [-0.4, -0.2) is 42.1 Å². The van der Waals surface area contributed by atoms with Crippen LogP contribution in [0.2, 0.25) is 0 Å². The van der Waals surface area contributed by atoms with Crippen LogP contribution in [0.4, 0.5) is 0 Å². The smallest absolute Gasteiger partial charge is 0.195 e. The van der Waals surface area contributed by atoms with Crippen molar-refractivity contribution in [3.8, 4) is 0 Å². The first kappa shape index (κ1) is 14.5. The highest BCUT2D eigenvalue weighted by molar-refractivity contribution is 4.98. The molecule has 2 heterocycles. The minimum Gasteiger partial charge on any atom is -0.446 e. The molecule has 4 nitrogen and oxygen atoms in total. The molecule has 2 unspecified atom stereocenters. The Morgan fingerprint density at radius 2 is 2.37 bits per heavy atom. The molecule has 0 amide bonds. The maximum absolute atomic E-state index is 5.87. The van der Waals surface area contributed by atoms with E-state index in [9.17, 15) is 0 Å². The van der Waals surface area contributed by atoms with Crippen molar-refractivity contribution in [1.29, 1.82) is 0 Å². The molecule has 1 aromatic rings. The van der Waals surface area contributed by atoms with Crippen molar-refractivity contribution in [2.75, 3.05) is 20.1 Å². The Bertz CT molecular complexity index is 377. The summed E-state index contributed by atoms with van der Waals surface area (Å²) in [5, 5.41) is 3.22. The summed E-state index contributed by atoms with van der Waals surface area (Å²) in [6.45, 7) is 6.76. The Hall–Kier alpha value is -0.870. The van der Waals surface area contributed by atoms with Gasteiger partial charge in [-0.15, -0.1) is 0 Å². The number of piperidine rings is 1. The molecule has 0 spiro atoms. The Kier molecular flexibility index (Phi) is 5.40. The van der Waals surface area contributed by atoms with Crippen LogP contribution in [0.15, 0.2) is 10.6 Å². The van der Waals surface area contributed by atoms with Crippen molar-refractivity contribution in [3.63, 3.8) is 0 Å². The summed E-state index contributed by atoms with van der Waals surface area (Å²) in [6.07, 6.45) is 7.71. The van der Waals surface area contributed by atoms with Gasteiger partial charge >= 0.3 is 0 Å². The number of likely N-dealkylation sites (N-methyl/N-ethyl adjacent to an activating group) is 2. The molecule has 1 aromatic heterocycles. The fourth-order valence-electron chi connectivity index (χ4n) is 2.85. The van der Waals surface area contributed by atoms with Gasteiger partial charge < -0.3 is 14.6 Å². The molecule has 2 rings (SSSR count). The second-order valence-electron chi connectivity index (χ2n) is 5.60. The summed E-state index contributed by atoms with van der Waals surface area (Å²) >= 11 is 0. The van der Waals surface area contributed by atoms with Crippen molar-refractivity contribution >= 4 is 0 Å². The first-order valence-corrected chi connectivity index (χ1v) is 7.57. The van der Waals surface area contributed by atoms with E-state index in [1.807, 2.05) is 13.2 Å². The summed E-state index contributed by atoms with van der Waals surface area (Å²) in [5.41, 5.74) is 0. The average Bonchev–Trinajstić information content (AvgIpc) is 2.86. The van der Waals surface area contributed by atoms with Gasteiger partial charge in [0.15, 0.2) is 5.89 Å². The molecule has 0 aliphatic carbocycles. The molecule has 2 atom stereocenters. The molecule has 1 N–H and O–H groups in total.